The van der Waals surface area contributed by atoms with Crippen LogP contribution in [0.4, 0.5) is 5.13 Å². The van der Waals surface area contributed by atoms with Crippen LogP contribution in [0.1, 0.15) is 44.9 Å². The summed E-state index contributed by atoms with van der Waals surface area (Å²) in [6.45, 7) is 0.843. The second kappa shape index (κ2) is 7.28. The molecule has 2 fully saturated rings. The quantitative estimate of drug-likeness (QED) is 0.841. The van der Waals surface area contributed by atoms with Crippen LogP contribution in [-0.2, 0) is 9.59 Å². The molecule has 1 saturated carbocycles. The normalized spacial score (nSPS) is 30.2. The van der Waals surface area contributed by atoms with Crippen LogP contribution >= 0.6 is 11.3 Å². The molecule has 1 aromatic rings. The van der Waals surface area contributed by atoms with Crippen LogP contribution in [0.5, 0.6) is 0 Å². The number of carbonyl (C=O) groups is 2. The van der Waals surface area contributed by atoms with Crippen molar-refractivity contribution in [2.45, 2.75) is 51.0 Å². The Labute approximate surface area is 152 Å². The van der Waals surface area contributed by atoms with Gasteiger partial charge in [-0.25, -0.2) is 4.98 Å². The molecule has 0 bridgehead atoms. The highest BCUT2D eigenvalue weighted by Gasteiger charge is 2.46. The SMILES string of the molecule is O=C(Nc1nccs1)[C@@H]1CC=C[C@@H]2CCN(C3CCCCC3)C(=O)[C@@H]21. The van der Waals surface area contributed by atoms with Crippen molar-refractivity contribution in [3.05, 3.63) is 23.7 Å². The van der Waals surface area contributed by atoms with Gasteiger partial charge in [-0.05, 0) is 31.6 Å². The van der Waals surface area contributed by atoms with Crippen molar-refractivity contribution in [3.8, 4) is 0 Å². The molecule has 3 aliphatic rings. The number of rotatable bonds is 3. The van der Waals surface area contributed by atoms with E-state index in [1.807, 2.05) is 5.38 Å². The Morgan fingerprint density at radius 2 is 2.08 bits per heavy atom. The molecule has 1 N–H and O–H groups in total. The molecule has 2 amide bonds. The lowest BCUT2D eigenvalue weighted by Gasteiger charge is -2.45. The van der Waals surface area contributed by atoms with E-state index in [-0.39, 0.29) is 29.6 Å². The maximum Gasteiger partial charge on any atom is 0.230 e. The molecule has 2 aliphatic carbocycles. The average Bonchev–Trinajstić information content (AvgIpc) is 3.15. The van der Waals surface area contributed by atoms with Crippen molar-refractivity contribution in [1.29, 1.82) is 0 Å². The van der Waals surface area contributed by atoms with Crippen molar-refractivity contribution in [2.24, 2.45) is 17.8 Å². The molecule has 2 heterocycles. The maximum absolute atomic E-state index is 13.3. The third-order valence-electron chi connectivity index (χ3n) is 5.95. The lowest BCUT2D eigenvalue weighted by Crippen LogP contribution is -2.54. The van der Waals surface area contributed by atoms with E-state index in [2.05, 4.69) is 27.4 Å². The average molecular weight is 359 g/mol. The van der Waals surface area contributed by atoms with Gasteiger partial charge in [-0.3, -0.25) is 9.59 Å². The van der Waals surface area contributed by atoms with E-state index in [1.165, 1.54) is 30.6 Å². The predicted octanol–water partition coefficient (Wildman–Crippen LogP) is 3.46. The van der Waals surface area contributed by atoms with Gasteiger partial charge in [-0.2, -0.15) is 0 Å². The van der Waals surface area contributed by atoms with Crippen LogP contribution in [0.2, 0.25) is 0 Å². The van der Waals surface area contributed by atoms with E-state index in [0.29, 0.717) is 17.6 Å². The minimum absolute atomic E-state index is 0.0619. The van der Waals surface area contributed by atoms with Crippen molar-refractivity contribution >= 4 is 28.3 Å². The van der Waals surface area contributed by atoms with Gasteiger partial charge in [0.15, 0.2) is 5.13 Å². The third kappa shape index (κ3) is 3.36. The van der Waals surface area contributed by atoms with E-state index in [0.717, 1.165) is 25.8 Å². The van der Waals surface area contributed by atoms with Gasteiger partial charge in [0.25, 0.3) is 0 Å². The molecule has 6 heteroatoms. The zero-order chi connectivity index (χ0) is 17.2. The van der Waals surface area contributed by atoms with Crippen molar-refractivity contribution in [2.75, 3.05) is 11.9 Å². The van der Waals surface area contributed by atoms with Gasteiger partial charge in [0.2, 0.25) is 11.8 Å². The summed E-state index contributed by atoms with van der Waals surface area (Å²) in [7, 11) is 0. The first-order valence-corrected chi connectivity index (χ1v) is 10.3. The van der Waals surface area contributed by atoms with Crippen LogP contribution < -0.4 is 5.32 Å². The van der Waals surface area contributed by atoms with E-state index in [4.69, 9.17) is 0 Å². The zero-order valence-electron chi connectivity index (χ0n) is 14.4. The van der Waals surface area contributed by atoms with E-state index < -0.39 is 0 Å². The number of aromatic nitrogens is 1. The van der Waals surface area contributed by atoms with Crippen molar-refractivity contribution in [3.63, 3.8) is 0 Å². The topological polar surface area (TPSA) is 62.3 Å². The lowest BCUT2D eigenvalue weighted by molar-refractivity contribution is -0.149. The molecule has 134 valence electrons. The first-order valence-electron chi connectivity index (χ1n) is 9.41. The summed E-state index contributed by atoms with van der Waals surface area (Å²) < 4.78 is 0. The van der Waals surface area contributed by atoms with Gasteiger partial charge < -0.3 is 10.2 Å². The molecule has 0 radical (unpaired) electrons. The first kappa shape index (κ1) is 16.8. The molecular formula is C19H25N3O2S. The number of thiazole rings is 1. The van der Waals surface area contributed by atoms with Gasteiger partial charge in [-0.15, -0.1) is 11.3 Å². The zero-order valence-corrected chi connectivity index (χ0v) is 15.2. The minimum atomic E-state index is -0.280. The summed E-state index contributed by atoms with van der Waals surface area (Å²) in [6, 6.07) is 0.385. The number of likely N-dealkylation sites (tertiary alicyclic amines) is 1. The number of fused-ring (bicyclic) bond motifs is 1. The smallest absolute Gasteiger partial charge is 0.230 e. The first-order chi connectivity index (χ1) is 12.2. The number of carbonyl (C=O) groups excluding carboxylic acids is 2. The number of anilines is 1. The van der Waals surface area contributed by atoms with Crippen LogP contribution in [0, 0.1) is 17.8 Å². The van der Waals surface area contributed by atoms with E-state index in [9.17, 15) is 9.59 Å². The van der Waals surface area contributed by atoms with Crippen molar-refractivity contribution in [1.82, 2.24) is 9.88 Å². The van der Waals surface area contributed by atoms with Gasteiger partial charge in [-0.1, -0.05) is 31.4 Å². The third-order valence-corrected chi connectivity index (χ3v) is 6.64. The summed E-state index contributed by atoms with van der Waals surface area (Å²) in [5.74, 6) is -0.147. The molecule has 0 aromatic carbocycles. The highest BCUT2D eigenvalue weighted by atomic mass is 32.1. The molecule has 1 aromatic heterocycles. The standard InChI is InChI=1S/C19H25N3O2S/c23-17(21-19-20-10-12-25-19)15-8-4-5-13-9-11-22(18(24)16(13)15)14-6-2-1-3-7-14/h4-5,10,12-16H,1-3,6-9,11H2,(H,20,21,23)/t13-,15-,16+/m1/s1. The van der Waals surface area contributed by atoms with Crippen LogP contribution in [0.25, 0.3) is 0 Å². The van der Waals surface area contributed by atoms with E-state index in [1.54, 1.807) is 6.20 Å². The Bertz CT molecular complexity index is 652. The van der Waals surface area contributed by atoms with Gasteiger partial charge in [0.05, 0.1) is 11.8 Å². The number of allylic oxidation sites excluding steroid dienone is 2. The molecule has 25 heavy (non-hydrogen) atoms. The van der Waals surface area contributed by atoms with Gasteiger partial charge in [0, 0.05) is 24.2 Å². The summed E-state index contributed by atoms with van der Waals surface area (Å²) in [6.07, 6.45) is 13.5. The van der Waals surface area contributed by atoms with Gasteiger partial charge in [0.1, 0.15) is 0 Å². The Balaban J connectivity index is 1.51. The number of hydrogen-bond donors (Lipinski definition) is 1. The molecule has 4 rings (SSSR count). The Morgan fingerprint density at radius 1 is 1.24 bits per heavy atom. The highest BCUT2D eigenvalue weighted by molar-refractivity contribution is 7.13. The largest absolute Gasteiger partial charge is 0.339 e. The molecule has 1 aliphatic heterocycles. The molecule has 5 nitrogen and oxygen atoms in total. The maximum atomic E-state index is 13.3. The van der Waals surface area contributed by atoms with Gasteiger partial charge >= 0.3 is 0 Å². The minimum Gasteiger partial charge on any atom is -0.339 e. The van der Waals surface area contributed by atoms with E-state index >= 15 is 0 Å². The highest BCUT2D eigenvalue weighted by Crippen LogP contribution is 2.40. The fourth-order valence-electron chi connectivity index (χ4n) is 4.69. The summed E-state index contributed by atoms with van der Waals surface area (Å²) >= 11 is 1.41. The lowest BCUT2D eigenvalue weighted by atomic mass is 9.70. The molecular weight excluding hydrogens is 334 g/mol. The molecule has 0 unspecified atom stereocenters. The Hall–Kier alpha value is -1.69. The second-order valence-electron chi connectivity index (χ2n) is 7.40. The van der Waals surface area contributed by atoms with Crippen LogP contribution in [-0.4, -0.2) is 34.3 Å². The number of hydrogen-bond acceptors (Lipinski definition) is 4. The molecule has 0 spiro atoms. The summed E-state index contributed by atoms with van der Waals surface area (Å²) in [5.41, 5.74) is 0. The predicted molar refractivity (Wildman–Crippen MR) is 98.2 cm³/mol. The fourth-order valence-corrected chi connectivity index (χ4v) is 5.23. The Morgan fingerprint density at radius 3 is 2.84 bits per heavy atom. The molecule has 1 saturated heterocycles. The summed E-state index contributed by atoms with van der Waals surface area (Å²) in [4.78, 5) is 32.3. The van der Waals surface area contributed by atoms with Crippen LogP contribution in [0.15, 0.2) is 23.7 Å². The monoisotopic (exact) mass is 359 g/mol. The molecule has 3 atom stereocenters. The number of amides is 2. The number of piperidine rings is 1. The second-order valence-corrected chi connectivity index (χ2v) is 8.29. The fraction of sp³-hybridized carbons (Fsp3) is 0.632. The van der Waals surface area contributed by atoms with Crippen LogP contribution in [0.3, 0.4) is 0 Å². The Kier molecular flexibility index (Phi) is 4.88. The summed E-state index contributed by atoms with van der Waals surface area (Å²) in [5, 5.41) is 5.36. The number of nitrogens with one attached hydrogen (secondary N) is 1. The van der Waals surface area contributed by atoms with Crippen molar-refractivity contribution < 1.29 is 9.59 Å². The number of nitrogens with zero attached hydrogens (tertiary/aromatic N) is 2.